The summed E-state index contributed by atoms with van der Waals surface area (Å²) < 4.78 is 10.6. The second-order valence-electron chi connectivity index (χ2n) is 5.48. The zero-order chi connectivity index (χ0) is 14.9. The number of nitrogens with one attached hydrogen (secondary N) is 1. The minimum absolute atomic E-state index is 0.252. The molecule has 1 atom stereocenters. The molecule has 1 N–H and O–H groups in total. The average Bonchev–Trinajstić information content (AvgIpc) is 3.19. The molecular formula is C15H18N2O3S. The Kier molecular flexibility index (Phi) is 3.91. The van der Waals surface area contributed by atoms with Crippen molar-refractivity contribution in [2.24, 2.45) is 0 Å². The van der Waals surface area contributed by atoms with E-state index >= 15 is 0 Å². The molecule has 2 aromatic rings. The molecule has 1 aromatic heterocycles. The summed E-state index contributed by atoms with van der Waals surface area (Å²) in [6, 6.07) is 8.04. The summed E-state index contributed by atoms with van der Waals surface area (Å²) in [5, 5.41) is 3.93. The van der Waals surface area contributed by atoms with Crippen molar-refractivity contribution in [1.29, 1.82) is 0 Å². The second kappa shape index (κ2) is 5.69. The number of rotatable bonds is 6. The van der Waals surface area contributed by atoms with Gasteiger partial charge < -0.3 is 9.15 Å². The van der Waals surface area contributed by atoms with Crippen molar-refractivity contribution >= 4 is 28.8 Å². The third-order valence-corrected chi connectivity index (χ3v) is 4.64. The number of carbonyl (C=O) groups excluding carboxylic acids is 1. The molecule has 112 valence electrons. The Morgan fingerprint density at radius 3 is 2.95 bits per heavy atom. The van der Waals surface area contributed by atoms with Gasteiger partial charge in [0.25, 0.3) is 5.22 Å². The van der Waals surface area contributed by atoms with Crippen molar-refractivity contribution in [3.05, 3.63) is 24.3 Å². The van der Waals surface area contributed by atoms with E-state index in [4.69, 9.17) is 9.15 Å². The number of aromatic nitrogens is 1. The number of fused-ring (bicyclic) bond motifs is 1. The topological polar surface area (TPSA) is 64.4 Å². The van der Waals surface area contributed by atoms with Crippen LogP contribution in [0.1, 0.15) is 19.8 Å². The highest BCUT2D eigenvalue weighted by atomic mass is 32.2. The van der Waals surface area contributed by atoms with Gasteiger partial charge in [-0.1, -0.05) is 23.9 Å². The van der Waals surface area contributed by atoms with Gasteiger partial charge in [-0.3, -0.25) is 10.1 Å². The lowest BCUT2D eigenvalue weighted by molar-refractivity contribution is -0.147. The number of thioether (sulfide) groups is 1. The summed E-state index contributed by atoms with van der Waals surface area (Å²) in [5.41, 5.74) is 0.867. The highest BCUT2D eigenvalue weighted by Gasteiger charge is 2.39. The van der Waals surface area contributed by atoms with Crippen LogP contribution in [-0.2, 0) is 9.53 Å². The number of hydrogen-bond acceptors (Lipinski definition) is 6. The Bertz CT molecular complexity index is 620. The zero-order valence-electron chi connectivity index (χ0n) is 12.1. The molecule has 1 aliphatic rings. The standard InChI is InChI=1S/C15H18N2O3S/c1-15(13(18)19-2,17-10-7-8-10)9-21-14-16-11-5-3-4-6-12(11)20-14/h3-6,10,17H,7-9H2,1-2H3. The van der Waals surface area contributed by atoms with Gasteiger partial charge in [-0.2, -0.15) is 0 Å². The van der Waals surface area contributed by atoms with Crippen molar-refractivity contribution in [1.82, 2.24) is 10.3 Å². The van der Waals surface area contributed by atoms with Crippen LogP contribution in [-0.4, -0.2) is 35.4 Å². The molecule has 0 radical (unpaired) electrons. The van der Waals surface area contributed by atoms with E-state index in [1.165, 1.54) is 18.9 Å². The van der Waals surface area contributed by atoms with Gasteiger partial charge >= 0.3 is 5.97 Å². The molecule has 3 rings (SSSR count). The Balaban J connectivity index is 1.71. The molecule has 0 bridgehead atoms. The summed E-state index contributed by atoms with van der Waals surface area (Å²) in [6.07, 6.45) is 2.22. The van der Waals surface area contributed by atoms with E-state index in [9.17, 15) is 4.79 Å². The number of nitrogens with zero attached hydrogens (tertiary/aromatic N) is 1. The van der Waals surface area contributed by atoms with Gasteiger partial charge in [0.05, 0.1) is 7.11 Å². The molecule has 5 nitrogen and oxygen atoms in total. The Labute approximate surface area is 127 Å². The molecule has 0 saturated heterocycles. The maximum Gasteiger partial charge on any atom is 0.326 e. The van der Waals surface area contributed by atoms with E-state index in [1.54, 1.807) is 0 Å². The molecule has 1 saturated carbocycles. The van der Waals surface area contributed by atoms with E-state index < -0.39 is 5.54 Å². The first-order chi connectivity index (χ1) is 10.1. The van der Waals surface area contributed by atoms with Crippen LogP contribution in [0.5, 0.6) is 0 Å². The van der Waals surface area contributed by atoms with Crippen LogP contribution in [0.25, 0.3) is 11.1 Å². The van der Waals surface area contributed by atoms with Crippen molar-refractivity contribution in [2.75, 3.05) is 12.9 Å². The van der Waals surface area contributed by atoms with Crippen molar-refractivity contribution in [3.8, 4) is 0 Å². The van der Waals surface area contributed by atoms with Gasteiger partial charge in [-0.25, -0.2) is 4.98 Å². The van der Waals surface area contributed by atoms with Crippen molar-refractivity contribution in [2.45, 2.75) is 36.6 Å². The van der Waals surface area contributed by atoms with E-state index in [0.717, 1.165) is 23.9 Å². The van der Waals surface area contributed by atoms with Crippen molar-refractivity contribution in [3.63, 3.8) is 0 Å². The van der Waals surface area contributed by atoms with Gasteiger partial charge in [0, 0.05) is 11.8 Å². The van der Waals surface area contributed by atoms with Crippen LogP contribution in [0, 0.1) is 0 Å². The maximum atomic E-state index is 12.0. The number of carbonyl (C=O) groups is 1. The molecule has 1 heterocycles. The van der Waals surface area contributed by atoms with Gasteiger partial charge in [0.2, 0.25) is 0 Å². The monoisotopic (exact) mass is 306 g/mol. The molecular weight excluding hydrogens is 288 g/mol. The van der Waals surface area contributed by atoms with Gasteiger partial charge in [-0.15, -0.1) is 0 Å². The normalized spacial score (nSPS) is 17.6. The fourth-order valence-corrected chi connectivity index (χ4v) is 3.11. The predicted molar refractivity (Wildman–Crippen MR) is 81.3 cm³/mol. The summed E-state index contributed by atoms with van der Waals surface area (Å²) >= 11 is 1.43. The summed E-state index contributed by atoms with van der Waals surface area (Å²) in [4.78, 5) is 16.5. The van der Waals surface area contributed by atoms with Gasteiger partial charge in [0.1, 0.15) is 11.1 Å². The van der Waals surface area contributed by atoms with E-state index in [-0.39, 0.29) is 5.97 Å². The summed E-state index contributed by atoms with van der Waals surface area (Å²) in [6.45, 7) is 1.87. The van der Waals surface area contributed by atoms with Crippen molar-refractivity contribution < 1.29 is 13.9 Å². The molecule has 21 heavy (non-hydrogen) atoms. The van der Waals surface area contributed by atoms with Crippen LogP contribution >= 0.6 is 11.8 Å². The highest BCUT2D eigenvalue weighted by molar-refractivity contribution is 7.99. The smallest absolute Gasteiger partial charge is 0.326 e. The molecule has 1 aliphatic carbocycles. The second-order valence-corrected chi connectivity index (χ2v) is 6.41. The van der Waals surface area contributed by atoms with Crippen LogP contribution in [0.2, 0.25) is 0 Å². The lowest BCUT2D eigenvalue weighted by atomic mass is 10.1. The summed E-state index contributed by atoms with van der Waals surface area (Å²) in [7, 11) is 1.42. The first kappa shape index (κ1) is 14.4. The fraction of sp³-hybridized carbons (Fsp3) is 0.467. The number of benzene rings is 1. The lowest BCUT2D eigenvalue weighted by Gasteiger charge is -2.27. The highest BCUT2D eigenvalue weighted by Crippen LogP contribution is 2.29. The third kappa shape index (κ3) is 3.22. The summed E-state index contributed by atoms with van der Waals surface area (Å²) in [5.74, 6) is 0.265. The Morgan fingerprint density at radius 2 is 2.29 bits per heavy atom. The zero-order valence-corrected chi connectivity index (χ0v) is 12.9. The largest absolute Gasteiger partial charge is 0.468 e. The number of oxazole rings is 1. The third-order valence-electron chi connectivity index (χ3n) is 3.49. The molecule has 1 unspecified atom stereocenters. The molecule has 0 aliphatic heterocycles. The Morgan fingerprint density at radius 1 is 1.52 bits per heavy atom. The quantitative estimate of drug-likeness (QED) is 0.654. The average molecular weight is 306 g/mol. The fourth-order valence-electron chi connectivity index (χ4n) is 2.18. The molecule has 6 heteroatoms. The first-order valence-corrected chi connectivity index (χ1v) is 7.94. The molecule has 0 amide bonds. The first-order valence-electron chi connectivity index (χ1n) is 6.95. The number of ether oxygens (including phenoxy) is 1. The number of methoxy groups -OCH3 is 1. The molecule has 1 fully saturated rings. The van der Waals surface area contributed by atoms with E-state index in [2.05, 4.69) is 10.3 Å². The maximum absolute atomic E-state index is 12.0. The number of hydrogen-bond donors (Lipinski definition) is 1. The molecule has 0 spiro atoms. The Hall–Kier alpha value is -1.53. The minimum Gasteiger partial charge on any atom is -0.468 e. The number of para-hydroxylation sites is 2. The van der Waals surface area contributed by atoms with Crippen LogP contribution in [0.15, 0.2) is 33.9 Å². The van der Waals surface area contributed by atoms with E-state index in [0.29, 0.717) is 17.0 Å². The minimum atomic E-state index is -0.721. The SMILES string of the molecule is COC(=O)C(C)(CSc1nc2ccccc2o1)NC1CC1. The van der Waals surface area contributed by atoms with Gasteiger partial charge in [0.15, 0.2) is 5.58 Å². The molecule has 1 aromatic carbocycles. The number of esters is 1. The van der Waals surface area contributed by atoms with Crippen LogP contribution < -0.4 is 5.32 Å². The van der Waals surface area contributed by atoms with Crippen LogP contribution in [0.4, 0.5) is 0 Å². The van der Waals surface area contributed by atoms with E-state index in [1.807, 2.05) is 31.2 Å². The van der Waals surface area contributed by atoms with Gasteiger partial charge in [-0.05, 0) is 31.9 Å². The predicted octanol–water partition coefficient (Wildman–Crippen LogP) is 2.60. The lowest BCUT2D eigenvalue weighted by Crippen LogP contribution is -2.53. The van der Waals surface area contributed by atoms with Crippen LogP contribution in [0.3, 0.4) is 0 Å².